The molecule has 4 heterocycles. The molecule has 1 saturated heterocycles. The second-order valence-electron chi connectivity index (χ2n) is 6.73. The van der Waals surface area contributed by atoms with E-state index < -0.39 is 0 Å². The molecule has 0 amide bonds. The van der Waals surface area contributed by atoms with Crippen LogP contribution in [0.15, 0.2) is 18.5 Å². The van der Waals surface area contributed by atoms with Gasteiger partial charge in [-0.25, -0.2) is 4.98 Å². The first-order chi connectivity index (χ1) is 12.3. The topological polar surface area (TPSA) is 75.3 Å². The molecule has 3 aromatic rings. The highest BCUT2D eigenvalue weighted by Gasteiger charge is 2.23. The van der Waals surface area contributed by atoms with E-state index in [1.54, 1.807) is 6.33 Å². The molecule has 0 saturated carbocycles. The largest absolute Gasteiger partial charge is 0.353 e. The second-order valence-corrected chi connectivity index (χ2v) is 6.73. The fourth-order valence-electron chi connectivity index (χ4n) is 3.77. The zero-order valence-electron chi connectivity index (χ0n) is 14.3. The summed E-state index contributed by atoms with van der Waals surface area (Å²) in [6, 6.07) is 4.31. The number of hydrogen-bond acceptors (Lipinski definition) is 7. The van der Waals surface area contributed by atoms with Crippen LogP contribution in [0.5, 0.6) is 0 Å². The summed E-state index contributed by atoms with van der Waals surface area (Å²) in [5, 5.41) is 13.2. The van der Waals surface area contributed by atoms with Crippen molar-refractivity contribution in [2.75, 3.05) is 36.0 Å². The maximum atomic E-state index is 4.45. The number of fused-ring (bicyclic) bond motifs is 2. The van der Waals surface area contributed by atoms with Gasteiger partial charge in [-0.05, 0) is 37.8 Å². The van der Waals surface area contributed by atoms with E-state index in [0.29, 0.717) is 5.78 Å². The number of aryl methyl sites for hydroxylation is 3. The molecule has 2 aliphatic rings. The average Bonchev–Trinajstić information content (AvgIpc) is 3.29. The van der Waals surface area contributed by atoms with Crippen LogP contribution >= 0.6 is 0 Å². The molecule has 128 valence electrons. The molecule has 1 fully saturated rings. The summed E-state index contributed by atoms with van der Waals surface area (Å²) in [5.41, 5.74) is 3.52. The number of anilines is 2. The van der Waals surface area contributed by atoms with Gasteiger partial charge in [0.15, 0.2) is 5.82 Å². The molecule has 1 aliphatic carbocycles. The van der Waals surface area contributed by atoms with Gasteiger partial charge in [0, 0.05) is 37.9 Å². The summed E-state index contributed by atoms with van der Waals surface area (Å²) in [6.45, 7) is 5.67. The van der Waals surface area contributed by atoms with Crippen LogP contribution in [0.2, 0.25) is 0 Å². The predicted molar refractivity (Wildman–Crippen MR) is 94.0 cm³/mol. The van der Waals surface area contributed by atoms with Gasteiger partial charge in [-0.1, -0.05) is 0 Å². The van der Waals surface area contributed by atoms with Gasteiger partial charge in [0.05, 0.1) is 5.69 Å². The number of aromatic nitrogens is 6. The summed E-state index contributed by atoms with van der Waals surface area (Å²) in [4.78, 5) is 13.3. The minimum absolute atomic E-state index is 0.655. The molecule has 0 bridgehead atoms. The summed E-state index contributed by atoms with van der Waals surface area (Å²) in [5.74, 6) is 2.72. The van der Waals surface area contributed by atoms with Crippen LogP contribution in [0.1, 0.15) is 23.4 Å². The van der Waals surface area contributed by atoms with E-state index in [9.17, 15) is 0 Å². The summed E-state index contributed by atoms with van der Waals surface area (Å²) >= 11 is 0. The lowest BCUT2D eigenvalue weighted by molar-refractivity contribution is 0.629. The smallest absolute Gasteiger partial charge is 0.254 e. The molecule has 5 rings (SSSR count). The second kappa shape index (κ2) is 5.65. The molecule has 0 radical (unpaired) electrons. The molecule has 3 aromatic heterocycles. The number of rotatable bonds is 2. The molecule has 0 aromatic carbocycles. The van der Waals surface area contributed by atoms with E-state index in [2.05, 4.69) is 47.2 Å². The van der Waals surface area contributed by atoms with Gasteiger partial charge in [0.2, 0.25) is 0 Å². The van der Waals surface area contributed by atoms with Crippen molar-refractivity contribution in [2.45, 2.75) is 26.2 Å². The highest BCUT2D eigenvalue weighted by molar-refractivity contribution is 5.50. The molecule has 0 atom stereocenters. The van der Waals surface area contributed by atoms with Gasteiger partial charge in [-0.15, -0.1) is 5.10 Å². The number of nitrogens with zero attached hydrogens (tertiary/aromatic N) is 8. The molecule has 0 unspecified atom stereocenters. The van der Waals surface area contributed by atoms with Crippen LogP contribution in [0.4, 0.5) is 11.6 Å². The van der Waals surface area contributed by atoms with Crippen molar-refractivity contribution in [3.63, 3.8) is 0 Å². The Bertz CT molecular complexity index is 926. The van der Waals surface area contributed by atoms with Crippen LogP contribution in [0.3, 0.4) is 0 Å². The van der Waals surface area contributed by atoms with Crippen molar-refractivity contribution in [2.24, 2.45) is 0 Å². The predicted octanol–water partition coefficient (Wildman–Crippen LogP) is 1.04. The number of piperazine rings is 1. The van der Waals surface area contributed by atoms with Crippen LogP contribution in [-0.2, 0) is 12.8 Å². The van der Waals surface area contributed by atoms with Gasteiger partial charge in [0.1, 0.15) is 12.1 Å². The maximum Gasteiger partial charge on any atom is 0.254 e. The molecule has 25 heavy (non-hydrogen) atoms. The Hall–Kier alpha value is -2.77. The first kappa shape index (κ1) is 14.6. The van der Waals surface area contributed by atoms with E-state index in [-0.39, 0.29) is 0 Å². The Kier molecular flexibility index (Phi) is 3.29. The van der Waals surface area contributed by atoms with E-state index >= 15 is 0 Å². The minimum Gasteiger partial charge on any atom is -0.353 e. The summed E-state index contributed by atoms with van der Waals surface area (Å²) in [7, 11) is 0. The third-order valence-electron chi connectivity index (χ3n) is 5.10. The van der Waals surface area contributed by atoms with Crippen LogP contribution in [-0.4, -0.2) is 56.0 Å². The van der Waals surface area contributed by atoms with E-state index in [0.717, 1.165) is 56.4 Å². The highest BCUT2D eigenvalue weighted by atomic mass is 15.4. The average molecular weight is 336 g/mol. The fourth-order valence-corrected chi connectivity index (χ4v) is 3.77. The fraction of sp³-hybridized carbons (Fsp3) is 0.471. The Balaban J connectivity index is 1.36. The maximum absolute atomic E-state index is 4.45. The third-order valence-corrected chi connectivity index (χ3v) is 5.10. The highest BCUT2D eigenvalue weighted by Crippen LogP contribution is 2.24. The molecule has 1 aliphatic heterocycles. The van der Waals surface area contributed by atoms with Crippen molar-refractivity contribution in [3.05, 3.63) is 35.4 Å². The van der Waals surface area contributed by atoms with Crippen LogP contribution in [0.25, 0.3) is 5.78 Å². The van der Waals surface area contributed by atoms with Gasteiger partial charge < -0.3 is 9.80 Å². The van der Waals surface area contributed by atoms with Gasteiger partial charge in [0.25, 0.3) is 5.78 Å². The SMILES string of the molecule is Cc1cc(N2CCN(c3cc4c(nn3)CCC4)CC2)n2ncnc2n1. The quantitative estimate of drug-likeness (QED) is 0.692. The first-order valence-electron chi connectivity index (χ1n) is 8.81. The molecule has 8 nitrogen and oxygen atoms in total. The Morgan fingerprint density at radius 1 is 0.960 bits per heavy atom. The van der Waals surface area contributed by atoms with Crippen LogP contribution in [0, 0.1) is 6.92 Å². The molecular formula is C17H20N8. The summed E-state index contributed by atoms with van der Waals surface area (Å²) < 4.78 is 1.82. The molecule has 0 spiro atoms. The third kappa shape index (κ3) is 2.48. The van der Waals surface area contributed by atoms with Crippen molar-refractivity contribution < 1.29 is 0 Å². The monoisotopic (exact) mass is 336 g/mol. The van der Waals surface area contributed by atoms with Crippen LogP contribution < -0.4 is 9.80 Å². The lowest BCUT2D eigenvalue weighted by atomic mass is 10.2. The molecule has 0 N–H and O–H groups in total. The summed E-state index contributed by atoms with van der Waals surface area (Å²) in [6.07, 6.45) is 4.97. The van der Waals surface area contributed by atoms with Crippen molar-refractivity contribution in [1.82, 2.24) is 29.8 Å². The molecular weight excluding hydrogens is 316 g/mol. The zero-order chi connectivity index (χ0) is 16.8. The van der Waals surface area contributed by atoms with Crippen molar-refractivity contribution in [3.8, 4) is 0 Å². The minimum atomic E-state index is 0.655. The molecule has 8 heteroatoms. The standard InChI is InChI=1S/C17H20N8/c1-12-9-16(25-17(20-12)18-11-19-25)24-7-5-23(6-8-24)15-10-13-3-2-4-14(13)21-22-15/h9-11H,2-8H2,1H3. The zero-order valence-corrected chi connectivity index (χ0v) is 14.3. The van der Waals surface area contributed by atoms with Gasteiger partial charge in [-0.3, -0.25) is 0 Å². The van der Waals surface area contributed by atoms with E-state index in [4.69, 9.17) is 0 Å². The Morgan fingerprint density at radius 3 is 2.68 bits per heavy atom. The first-order valence-corrected chi connectivity index (χ1v) is 8.81. The van der Waals surface area contributed by atoms with E-state index in [1.807, 2.05) is 11.4 Å². The van der Waals surface area contributed by atoms with Crippen molar-refractivity contribution in [1.29, 1.82) is 0 Å². The normalized spacial score (nSPS) is 17.3. The Morgan fingerprint density at radius 2 is 1.80 bits per heavy atom. The van der Waals surface area contributed by atoms with Crippen molar-refractivity contribution >= 4 is 17.4 Å². The van der Waals surface area contributed by atoms with E-state index in [1.165, 1.54) is 17.7 Å². The lowest BCUT2D eigenvalue weighted by Gasteiger charge is -2.36. The van der Waals surface area contributed by atoms with Gasteiger partial charge in [-0.2, -0.15) is 19.7 Å². The Labute approximate surface area is 145 Å². The number of hydrogen-bond donors (Lipinski definition) is 0. The van der Waals surface area contributed by atoms with Gasteiger partial charge >= 0.3 is 0 Å². The lowest BCUT2D eigenvalue weighted by Crippen LogP contribution is -2.47.